The summed E-state index contributed by atoms with van der Waals surface area (Å²) in [5.41, 5.74) is 3.27. The van der Waals surface area contributed by atoms with Gasteiger partial charge in [-0.25, -0.2) is 4.99 Å². The Bertz CT molecular complexity index is 881. The van der Waals surface area contributed by atoms with Gasteiger partial charge in [0.05, 0.1) is 13.7 Å². The summed E-state index contributed by atoms with van der Waals surface area (Å²) in [6, 6.07) is 17.8. The Balaban J connectivity index is 2.04. The molecule has 1 aliphatic rings. The fourth-order valence-electron chi connectivity index (χ4n) is 2.86. The van der Waals surface area contributed by atoms with E-state index >= 15 is 0 Å². The highest BCUT2D eigenvalue weighted by Gasteiger charge is 2.30. The molecule has 2 aromatic carbocycles. The van der Waals surface area contributed by atoms with E-state index in [2.05, 4.69) is 4.99 Å². The Morgan fingerprint density at radius 1 is 1.15 bits per heavy atom. The van der Waals surface area contributed by atoms with Crippen LogP contribution in [0, 0.1) is 0 Å². The zero-order valence-electron chi connectivity index (χ0n) is 15.1. The van der Waals surface area contributed by atoms with Gasteiger partial charge in [-0.15, -0.1) is 0 Å². The molecule has 3 rings (SSSR count). The Kier molecular flexibility index (Phi) is 5.27. The van der Waals surface area contributed by atoms with Crippen LogP contribution in [0.25, 0.3) is 0 Å². The highest BCUT2D eigenvalue weighted by atomic mass is 16.5. The number of aliphatic imine (C=N–C) groups is 2. The molecule has 0 aromatic heterocycles. The first-order valence-electron chi connectivity index (χ1n) is 8.35. The van der Waals surface area contributed by atoms with Gasteiger partial charge in [0.1, 0.15) is 23.6 Å². The smallest absolute Gasteiger partial charge is 0.156 e. The second-order valence-electron chi connectivity index (χ2n) is 5.93. The van der Waals surface area contributed by atoms with Gasteiger partial charge >= 0.3 is 0 Å². The lowest BCUT2D eigenvalue weighted by atomic mass is 10.1. The fourth-order valence-corrected chi connectivity index (χ4v) is 2.86. The molecule has 0 unspecified atom stereocenters. The lowest BCUT2D eigenvalue weighted by Gasteiger charge is -2.21. The molecule has 2 aromatic rings. The predicted octanol–water partition coefficient (Wildman–Crippen LogP) is 3.46. The maximum absolute atomic E-state index is 11.3. The van der Waals surface area contributed by atoms with Crippen molar-refractivity contribution in [2.45, 2.75) is 13.5 Å². The molecule has 5 nitrogen and oxygen atoms in total. The molecule has 5 heteroatoms. The molecule has 0 saturated heterocycles. The number of hydrogen-bond donors (Lipinski definition) is 0. The predicted molar refractivity (Wildman–Crippen MR) is 104 cm³/mol. The third kappa shape index (κ3) is 3.42. The highest BCUT2D eigenvalue weighted by Crippen LogP contribution is 2.25. The summed E-state index contributed by atoms with van der Waals surface area (Å²) in [6.07, 6.45) is 0.823. The van der Waals surface area contributed by atoms with Crippen LogP contribution < -0.4 is 4.74 Å². The number of hydrogen-bond acceptors (Lipinski definition) is 4. The summed E-state index contributed by atoms with van der Waals surface area (Å²) in [6.45, 7) is 2.36. The zero-order valence-corrected chi connectivity index (χ0v) is 15.1. The molecular formula is C21H21N3O2. The Morgan fingerprint density at radius 2 is 1.85 bits per heavy atom. The lowest BCUT2D eigenvalue weighted by molar-refractivity contribution is -0.104. The van der Waals surface area contributed by atoms with Crippen molar-refractivity contribution < 1.29 is 9.53 Å². The minimum Gasteiger partial charge on any atom is -0.497 e. The summed E-state index contributed by atoms with van der Waals surface area (Å²) in [5.74, 6) is 2.30. The Morgan fingerprint density at radius 3 is 2.42 bits per heavy atom. The van der Waals surface area contributed by atoms with Crippen LogP contribution in [0.15, 0.2) is 75.9 Å². The van der Waals surface area contributed by atoms with Crippen LogP contribution in [0.5, 0.6) is 5.75 Å². The average molecular weight is 347 g/mol. The van der Waals surface area contributed by atoms with Crippen molar-refractivity contribution in [1.82, 2.24) is 4.90 Å². The monoisotopic (exact) mass is 347 g/mol. The average Bonchev–Trinajstić information content (AvgIpc) is 3.06. The normalized spacial score (nSPS) is 17.3. The van der Waals surface area contributed by atoms with Crippen molar-refractivity contribution in [3.63, 3.8) is 0 Å². The van der Waals surface area contributed by atoms with Crippen molar-refractivity contribution >= 4 is 18.0 Å². The van der Waals surface area contributed by atoms with E-state index < -0.39 is 0 Å². The molecule has 132 valence electrons. The molecule has 0 amide bonds. The molecular weight excluding hydrogens is 326 g/mol. The van der Waals surface area contributed by atoms with Crippen LogP contribution >= 0.6 is 0 Å². The van der Waals surface area contributed by atoms with Gasteiger partial charge in [-0.2, -0.15) is 0 Å². The van der Waals surface area contributed by atoms with E-state index in [1.807, 2.05) is 59.5 Å². The van der Waals surface area contributed by atoms with E-state index in [-0.39, 0.29) is 0 Å². The van der Waals surface area contributed by atoms with E-state index in [1.165, 1.54) is 0 Å². The zero-order chi connectivity index (χ0) is 18.5. The summed E-state index contributed by atoms with van der Waals surface area (Å²) < 4.78 is 5.23. The summed E-state index contributed by atoms with van der Waals surface area (Å²) in [4.78, 5) is 22.5. The number of nitrogens with zero attached hydrogens (tertiary/aromatic N) is 3. The minimum atomic E-state index is 0.566. The number of carbonyl (C=O) groups excluding carboxylic acids is 1. The first-order valence-corrected chi connectivity index (χ1v) is 8.35. The molecule has 0 aliphatic carbocycles. The van der Waals surface area contributed by atoms with Crippen molar-refractivity contribution in [3.05, 3.63) is 77.0 Å². The summed E-state index contributed by atoms with van der Waals surface area (Å²) in [5, 5.41) is 0. The molecule has 1 heterocycles. The molecule has 0 radical (unpaired) electrons. The molecule has 0 N–H and O–H groups in total. The quantitative estimate of drug-likeness (QED) is 0.615. The van der Waals surface area contributed by atoms with Gasteiger partial charge in [0.2, 0.25) is 0 Å². The fraction of sp³-hybridized carbons (Fsp3) is 0.190. The maximum atomic E-state index is 11.3. The van der Waals surface area contributed by atoms with Crippen LogP contribution in [0.1, 0.15) is 18.1 Å². The van der Waals surface area contributed by atoms with Gasteiger partial charge in [0.15, 0.2) is 5.84 Å². The van der Waals surface area contributed by atoms with Crippen molar-refractivity contribution in [3.8, 4) is 5.75 Å². The largest absolute Gasteiger partial charge is 0.497 e. The van der Waals surface area contributed by atoms with E-state index in [0.29, 0.717) is 23.7 Å². The van der Waals surface area contributed by atoms with Crippen molar-refractivity contribution in [2.24, 2.45) is 9.98 Å². The van der Waals surface area contributed by atoms with Crippen LogP contribution in [0.2, 0.25) is 0 Å². The lowest BCUT2D eigenvalue weighted by Crippen LogP contribution is -2.32. The SMILES string of the molecule is CN=C1/C(=C(\C)C=O)N=C(c2ccccc2)N1Cc1ccc(OC)cc1. The summed E-state index contributed by atoms with van der Waals surface area (Å²) >= 11 is 0. The third-order valence-electron chi connectivity index (χ3n) is 4.23. The summed E-state index contributed by atoms with van der Waals surface area (Å²) in [7, 11) is 3.37. The Hall–Kier alpha value is -3.21. The van der Waals surface area contributed by atoms with Gasteiger partial charge < -0.3 is 9.64 Å². The van der Waals surface area contributed by atoms with Gasteiger partial charge in [-0.05, 0) is 24.6 Å². The van der Waals surface area contributed by atoms with Crippen LogP contribution in [0.3, 0.4) is 0 Å². The molecule has 0 spiro atoms. The standard InChI is InChI=1S/C21H21N3O2/c1-15(14-25)19-21(22-2)24(13-16-9-11-18(26-3)12-10-16)20(23-19)17-7-5-4-6-8-17/h4-12,14H,13H2,1-3H3/b19-15-,22-21?. The van der Waals surface area contributed by atoms with E-state index in [1.54, 1.807) is 21.1 Å². The second-order valence-corrected chi connectivity index (χ2v) is 5.93. The third-order valence-corrected chi connectivity index (χ3v) is 4.23. The Labute approximate surface area is 153 Å². The molecule has 0 atom stereocenters. The topological polar surface area (TPSA) is 54.3 Å². The number of rotatable bonds is 5. The molecule has 0 saturated carbocycles. The minimum absolute atomic E-state index is 0.566. The first-order chi connectivity index (χ1) is 12.7. The number of ether oxygens (including phenoxy) is 1. The van der Waals surface area contributed by atoms with Crippen LogP contribution in [-0.4, -0.2) is 37.0 Å². The maximum Gasteiger partial charge on any atom is 0.156 e. The molecule has 1 aliphatic heterocycles. The van der Waals surface area contributed by atoms with Gasteiger partial charge in [-0.1, -0.05) is 42.5 Å². The van der Waals surface area contributed by atoms with Crippen molar-refractivity contribution in [2.75, 3.05) is 14.2 Å². The van der Waals surface area contributed by atoms with Gasteiger partial charge in [-0.3, -0.25) is 9.79 Å². The number of methoxy groups -OCH3 is 1. The van der Waals surface area contributed by atoms with E-state index in [0.717, 1.165) is 29.0 Å². The van der Waals surface area contributed by atoms with E-state index in [4.69, 9.17) is 9.73 Å². The van der Waals surface area contributed by atoms with Crippen LogP contribution in [-0.2, 0) is 11.3 Å². The second kappa shape index (κ2) is 7.78. The van der Waals surface area contributed by atoms with Crippen LogP contribution in [0.4, 0.5) is 0 Å². The number of carbonyl (C=O) groups is 1. The molecule has 26 heavy (non-hydrogen) atoms. The van der Waals surface area contributed by atoms with Gasteiger partial charge in [0.25, 0.3) is 0 Å². The highest BCUT2D eigenvalue weighted by molar-refractivity contribution is 6.21. The number of amidine groups is 2. The molecule has 0 bridgehead atoms. The van der Waals surface area contributed by atoms with E-state index in [9.17, 15) is 4.79 Å². The number of benzene rings is 2. The molecule has 0 fully saturated rings. The first kappa shape index (κ1) is 17.6. The number of aldehydes is 1. The van der Waals surface area contributed by atoms with Gasteiger partial charge in [0, 0.05) is 18.2 Å². The number of allylic oxidation sites excluding steroid dienone is 1. The van der Waals surface area contributed by atoms with Crippen molar-refractivity contribution in [1.29, 1.82) is 0 Å².